The number of benzene rings is 1. The highest BCUT2D eigenvalue weighted by molar-refractivity contribution is 5.82. The van der Waals surface area contributed by atoms with Crippen molar-refractivity contribution in [2.24, 2.45) is 0 Å². The van der Waals surface area contributed by atoms with Crippen LogP contribution in [0.1, 0.15) is 32.1 Å². The van der Waals surface area contributed by atoms with Gasteiger partial charge < -0.3 is 19.7 Å². The third kappa shape index (κ3) is 4.55. The monoisotopic (exact) mass is 474 g/mol. The van der Waals surface area contributed by atoms with E-state index >= 15 is 0 Å². The van der Waals surface area contributed by atoms with Crippen LogP contribution in [0.4, 0.5) is 21.8 Å². The highest BCUT2D eigenvalue weighted by Crippen LogP contribution is 2.29. The van der Waals surface area contributed by atoms with Crippen molar-refractivity contribution in [3.05, 3.63) is 54.4 Å². The van der Waals surface area contributed by atoms with Crippen molar-refractivity contribution in [2.45, 2.75) is 39.3 Å². The van der Waals surface area contributed by atoms with Gasteiger partial charge in [0, 0.05) is 30.7 Å². The topological polar surface area (TPSA) is 75.0 Å². The molecule has 3 aromatic heterocycles. The number of aromatic nitrogens is 5. The van der Waals surface area contributed by atoms with E-state index in [9.17, 15) is 4.39 Å². The van der Waals surface area contributed by atoms with Crippen LogP contribution in [-0.2, 0) is 0 Å². The number of fused-ring (bicyclic) bond motifs is 1. The summed E-state index contributed by atoms with van der Waals surface area (Å²) in [7, 11) is 4.24. The molecule has 0 aliphatic carbocycles. The van der Waals surface area contributed by atoms with Gasteiger partial charge in [-0.15, -0.1) is 0 Å². The largest absolute Gasteiger partial charge is 0.369 e. The van der Waals surface area contributed by atoms with E-state index in [1.165, 1.54) is 6.20 Å². The van der Waals surface area contributed by atoms with Crippen molar-refractivity contribution in [1.29, 1.82) is 0 Å². The second-order valence-electron chi connectivity index (χ2n) is 9.60. The fourth-order valence-corrected chi connectivity index (χ4v) is 4.80. The Morgan fingerprint density at radius 3 is 2.60 bits per heavy atom. The molecular formula is C26H31FN8. The molecule has 0 unspecified atom stereocenters. The SMILES string of the molecule is Cc1nc2ccc(-c3nc(Nc4ccc(N5CC[C@@H](N(C)C)C5)cn4)ncc3F)cc2n1C(C)C. The summed E-state index contributed by atoms with van der Waals surface area (Å²) in [5.41, 5.74) is 3.84. The van der Waals surface area contributed by atoms with E-state index in [4.69, 9.17) is 0 Å². The van der Waals surface area contributed by atoms with Crippen LogP contribution >= 0.6 is 0 Å². The minimum atomic E-state index is -0.477. The van der Waals surface area contributed by atoms with Gasteiger partial charge in [0.1, 0.15) is 17.3 Å². The number of pyridine rings is 1. The van der Waals surface area contributed by atoms with E-state index in [1.807, 2.05) is 43.5 Å². The lowest BCUT2D eigenvalue weighted by Crippen LogP contribution is -2.31. The first-order chi connectivity index (χ1) is 16.8. The van der Waals surface area contributed by atoms with Crippen LogP contribution < -0.4 is 10.2 Å². The molecular weight excluding hydrogens is 443 g/mol. The standard InChI is InChI=1S/C26H31FN8/c1-16(2)35-17(3)30-22-8-6-18(12-23(22)35)25-21(27)14-29-26(32-25)31-24-9-7-19(13-28-24)34-11-10-20(15-34)33(4)5/h6-9,12-14,16,20H,10-11,15H2,1-5H3,(H,28,29,31,32)/t20-/m1/s1. The van der Waals surface area contributed by atoms with Crippen LogP contribution in [0.25, 0.3) is 22.3 Å². The Kier molecular flexibility index (Phi) is 6.10. The first-order valence-corrected chi connectivity index (χ1v) is 12.0. The van der Waals surface area contributed by atoms with E-state index in [2.05, 4.69) is 67.6 Å². The number of hydrogen-bond donors (Lipinski definition) is 1. The van der Waals surface area contributed by atoms with E-state index < -0.39 is 5.82 Å². The Balaban J connectivity index is 1.38. The van der Waals surface area contributed by atoms with Gasteiger partial charge in [-0.25, -0.2) is 24.3 Å². The number of nitrogens with one attached hydrogen (secondary N) is 1. The summed E-state index contributed by atoms with van der Waals surface area (Å²) in [4.78, 5) is 22.4. The van der Waals surface area contributed by atoms with Gasteiger partial charge in [-0.1, -0.05) is 6.07 Å². The summed E-state index contributed by atoms with van der Waals surface area (Å²) in [6.45, 7) is 8.20. The number of anilines is 3. The molecule has 0 saturated carbocycles. The number of likely N-dealkylation sites (N-methyl/N-ethyl adjacent to an activating group) is 1. The normalized spacial score (nSPS) is 16.1. The van der Waals surface area contributed by atoms with Crippen molar-refractivity contribution >= 4 is 28.5 Å². The fourth-order valence-electron chi connectivity index (χ4n) is 4.80. The highest BCUT2D eigenvalue weighted by Gasteiger charge is 2.24. The van der Waals surface area contributed by atoms with E-state index in [0.717, 1.165) is 42.1 Å². The maximum atomic E-state index is 14.8. The van der Waals surface area contributed by atoms with Gasteiger partial charge in [0.2, 0.25) is 5.95 Å². The minimum absolute atomic E-state index is 0.238. The number of halogens is 1. The van der Waals surface area contributed by atoms with Crippen LogP contribution in [0, 0.1) is 12.7 Å². The lowest BCUT2D eigenvalue weighted by Gasteiger charge is -2.21. The molecule has 1 fully saturated rings. The number of aryl methyl sites for hydroxylation is 1. The molecule has 0 radical (unpaired) electrons. The zero-order chi connectivity index (χ0) is 24.7. The Hall–Kier alpha value is -3.59. The van der Waals surface area contributed by atoms with Gasteiger partial charge in [0.25, 0.3) is 0 Å². The third-order valence-corrected chi connectivity index (χ3v) is 6.65. The summed E-state index contributed by atoms with van der Waals surface area (Å²) in [5.74, 6) is 1.36. The molecule has 1 aromatic carbocycles. The van der Waals surface area contributed by atoms with E-state index in [0.29, 0.717) is 23.4 Å². The molecule has 1 aliphatic heterocycles. The molecule has 0 spiro atoms. The van der Waals surface area contributed by atoms with Gasteiger partial charge in [0.05, 0.1) is 29.1 Å². The van der Waals surface area contributed by atoms with Gasteiger partial charge >= 0.3 is 0 Å². The Bertz CT molecular complexity index is 1350. The molecule has 1 saturated heterocycles. The molecule has 8 nitrogen and oxygen atoms in total. The minimum Gasteiger partial charge on any atom is -0.369 e. The first kappa shape index (κ1) is 23.2. The number of hydrogen-bond acceptors (Lipinski definition) is 7. The third-order valence-electron chi connectivity index (χ3n) is 6.65. The smallest absolute Gasteiger partial charge is 0.229 e. The quantitative estimate of drug-likeness (QED) is 0.430. The van der Waals surface area contributed by atoms with Crippen LogP contribution in [0.5, 0.6) is 0 Å². The van der Waals surface area contributed by atoms with Crippen molar-refractivity contribution in [2.75, 3.05) is 37.4 Å². The molecule has 1 N–H and O–H groups in total. The molecule has 0 amide bonds. The van der Waals surface area contributed by atoms with Crippen LogP contribution in [0.2, 0.25) is 0 Å². The predicted octanol–water partition coefficient (Wildman–Crippen LogP) is 4.80. The highest BCUT2D eigenvalue weighted by atomic mass is 19.1. The number of imidazole rings is 1. The van der Waals surface area contributed by atoms with Gasteiger partial charge in [-0.05, 0) is 65.6 Å². The average Bonchev–Trinajstić information content (AvgIpc) is 3.45. The lowest BCUT2D eigenvalue weighted by molar-refractivity contribution is 0.315. The summed E-state index contributed by atoms with van der Waals surface area (Å²) < 4.78 is 16.9. The van der Waals surface area contributed by atoms with Crippen molar-refractivity contribution in [1.82, 2.24) is 29.4 Å². The van der Waals surface area contributed by atoms with Crippen LogP contribution in [0.15, 0.2) is 42.7 Å². The molecule has 35 heavy (non-hydrogen) atoms. The van der Waals surface area contributed by atoms with E-state index in [1.54, 1.807) is 0 Å². The molecule has 4 heterocycles. The van der Waals surface area contributed by atoms with Gasteiger partial charge in [0.15, 0.2) is 5.82 Å². The van der Waals surface area contributed by atoms with Crippen molar-refractivity contribution in [3.8, 4) is 11.3 Å². The first-order valence-electron chi connectivity index (χ1n) is 12.0. The summed E-state index contributed by atoms with van der Waals surface area (Å²) in [6.07, 6.45) is 4.19. The Labute approximate surface area is 204 Å². The Morgan fingerprint density at radius 1 is 1.09 bits per heavy atom. The molecule has 0 bridgehead atoms. The Morgan fingerprint density at radius 2 is 1.91 bits per heavy atom. The van der Waals surface area contributed by atoms with Crippen molar-refractivity contribution < 1.29 is 4.39 Å². The van der Waals surface area contributed by atoms with E-state index in [-0.39, 0.29) is 11.7 Å². The summed E-state index contributed by atoms with van der Waals surface area (Å²) in [5, 5.41) is 3.11. The van der Waals surface area contributed by atoms with Gasteiger partial charge in [-0.3, -0.25) is 0 Å². The second kappa shape index (κ2) is 9.22. The molecule has 5 rings (SSSR count). The maximum absolute atomic E-state index is 14.8. The second-order valence-corrected chi connectivity index (χ2v) is 9.60. The van der Waals surface area contributed by atoms with Crippen molar-refractivity contribution in [3.63, 3.8) is 0 Å². The number of nitrogens with zero attached hydrogens (tertiary/aromatic N) is 7. The zero-order valence-electron chi connectivity index (χ0n) is 20.8. The van der Waals surface area contributed by atoms with Crippen LogP contribution in [-0.4, -0.2) is 62.6 Å². The molecule has 1 aliphatic rings. The number of rotatable bonds is 6. The molecule has 4 aromatic rings. The van der Waals surface area contributed by atoms with Crippen LogP contribution in [0.3, 0.4) is 0 Å². The summed E-state index contributed by atoms with van der Waals surface area (Å²) >= 11 is 0. The average molecular weight is 475 g/mol. The molecule has 182 valence electrons. The lowest BCUT2D eigenvalue weighted by atomic mass is 10.1. The maximum Gasteiger partial charge on any atom is 0.229 e. The molecule has 1 atom stereocenters. The predicted molar refractivity (Wildman–Crippen MR) is 138 cm³/mol. The molecule has 9 heteroatoms. The summed E-state index contributed by atoms with van der Waals surface area (Å²) in [6, 6.07) is 10.4. The van der Waals surface area contributed by atoms with Gasteiger partial charge in [-0.2, -0.15) is 0 Å². The zero-order valence-corrected chi connectivity index (χ0v) is 20.8. The fraction of sp³-hybridized carbons (Fsp3) is 0.385.